The predicted molar refractivity (Wildman–Crippen MR) is 117 cm³/mol. The van der Waals surface area contributed by atoms with Crippen molar-refractivity contribution in [1.29, 1.82) is 0 Å². The second-order valence-corrected chi connectivity index (χ2v) is 8.98. The zero-order valence-electron chi connectivity index (χ0n) is 17.3. The summed E-state index contributed by atoms with van der Waals surface area (Å²) in [6, 6.07) is 12.2. The Bertz CT molecular complexity index is 905. The fraction of sp³-hybridized carbons (Fsp3) is 0.455. The molecule has 1 heterocycles. The molecule has 7 heteroatoms. The minimum Gasteiger partial charge on any atom is -0.490 e. The molecule has 1 saturated heterocycles. The highest BCUT2D eigenvalue weighted by Crippen LogP contribution is 2.31. The summed E-state index contributed by atoms with van der Waals surface area (Å²) < 4.78 is 39.4. The van der Waals surface area contributed by atoms with E-state index >= 15 is 0 Å². The van der Waals surface area contributed by atoms with Crippen molar-refractivity contribution in [3.05, 3.63) is 42.5 Å². The summed E-state index contributed by atoms with van der Waals surface area (Å²) >= 11 is 0. The monoisotopic (exact) mass is 418 g/mol. The first-order valence-electron chi connectivity index (χ1n) is 10.2. The molecular weight excluding hydrogens is 388 g/mol. The fourth-order valence-electron chi connectivity index (χ4n) is 3.42. The zero-order valence-corrected chi connectivity index (χ0v) is 18.2. The van der Waals surface area contributed by atoms with Crippen molar-refractivity contribution in [3.8, 4) is 11.5 Å². The molecule has 2 aromatic carbocycles. The van der Waals surface area contributed by atoms with Crippen LogP contribution in [0.4, 0.5) is 11.4 Å². The van der Waals surface area contributed by atoms with Gasteiger partial charge in [0.2, 0.25) is 0 Å². The average Bonchev–Trinajstić information content (AvgIpc) is 2.70. The highest BCUT2D eigenvalue weighted by Gasteiger charge is 2.19. The Labute approximate surface area is 173 Å². The number of nitrogens with zero attached hydrogens (tertiary/aromatic N) is 1. The highest BCUT2D eigenvalue weighted by atomic mass is 32.2. The molecule has 3 rings (SSSR count). The Morgan fingerprint density at radius 1 is 0.966 bits per heavy atom. The van der Waals surface area contributed by atoms with Gasteiger partial charge in [-0.1, -0.05) is 6.92 Å². The first kappa shape index (κ1) is 21.3. The van der Waals surface area contributed by atoms with Crippen LogP contribution in [0.5, 0.6) is 11.5 Å². The quantitative estimate of drug-likeness (QED) is 0.683. The smallest absolute Gasteiger partial charge is 0.262 e. The van der Waals surface area contributed by atoms with Crippen LogP contribution in [0.3, 0.4) is 0 Å². The summed E-state index contributed by atoms with van der Waals surface area (Å²) in [5.41, 5.74) is 1.66. The summed E-state index contributed by atoms with van der Waals surface area (Å²) in [4.78, 5) is 2.48. The van der Waals surface area contributed by atoms with Crippen molar-refractivity contribution < 1.29 is 17.9 Å². The van der Waals surface area contributed by atoms with E-state index in [4.69, 9.17) is 9.47 Å². The third-order valence-corrected chi connectivity index (χ3v) is 6.47. The maximum absolute atomic E-state index is 12.8. The van der Waals surface area contributed by atoms with E-state index < -0.39 is 10.0 Å². The number of hydrogen-bond acceptors (Lipinski definition) is 5. The van der Waals surface area contributed by atoms with Gasteiger partial charge in [0.15, 0.2) is 11.5 Å². The number of rotatable bonds is 8. The molecular formula is C22H30N2O4S. The SMILES string of the molecule is CCOc1ccc(S(=O)(=O)Nc2ccc(N3CCC(C)CC3)cc2)cc1OCC. The van der Waals surface area contributed by atoms with Crippen LogP contribution in [0.15, 0.2) is 47.4 Å². The van der Waals surface area contributed by atoms with Gasteiger partial charge in [0.25, 0.3) is 10.0 Å². The maximum atomic E-state index is 12.8. The van der Waals surface area contributed by atoms with Crippen molar-refractivity contribution in [2.75, 3.05) is 35.9 Å². The minimum absolute atomic E-state index is 0.137. The van der Waals surface area contributed by atoms with Gasteiger partial charge in [0.1, 0.15) is 0 Å². The lowest BCUT2D eigenvalue weighted by Gasteiger charge is -2.32. The minimum atomic E-state index is -3.73. The number of sulfonamides is 1. The van der Waals surface area contributed by atoms with Gasteiger partial charge in [-0.15, -0.1) is 0 Å². The number of nitrogens with one attached hydrogen (secondary N) is 1. The Hall–Kier alpha value is -2.41. The van der Waals surface area contributed by atoms with E-state index in [0.29, 0.717) is 30.4 Å². The Morgan fingerprint density at radius 2 is 1.59 bits per heavy atom. The maximum Gasteiger partial charge on any atom is 0.262 e. The lowest BCUT2D eigenvalue weighted by Crippen LogP contribution is -2.32. The first-order valence-corrected chi connectivity index (χ1v) is 11.7. The van der Waals surface area contributed by atoms with E-state index in [0.717, 1.165) is 24.7 Å². The number of piperidine rings is 1. The average molecular weight is 419 g/mol. The third kappa shape index (κ3) is 5.35. The van der Waals surface area contributed by atoms with E-state index in [1.54, 1.807) is 6.07 Å². The molecule has 1 fully saturated rings. The molecule has 1 aliphatic heterocycles. The molecule has 2 aromatic rings. The van der Waals surface area contributed by atoms with Crippen molar-refractivity contribution >= 4 is 21.4 Å². The third-order valence-electron chi connectivity index (χ3n) is 5.09. The zero-order chi connectivity index (χ0) is 20.9. The van der Waals surface area contributed by atoms with Crippen LogP contribution in [0.25, 0.3) is 0 Å². The molecule has 29 heavy (non-hydrogen) atoms. The van der Waals surface area contributed by atoms with Crippen LogP contribution in [0, 0.1) is 5.92 Å². The Morgan fingerprint density at radius 3 is 2.21 bits per heavy atom. The molecule has 0 spiro atoms. The normalized spacial score (nSPS) is 15.2. The van der Waals surface area contributed by atoms with Gasteiger partial charge in [-0.3, -0.25) is 4.72 Å². The fourth-order valence-corrected chi connectivity index (χ4v) is 4.49. The predicted octanol–water partition coefficient (Wildman–Crippen LogP) is 4.52. The molecule has 0 amide bonds. The topological polar surface area (TPSA) is 67.9 Å². The molecule has 0 bridgehead atoms. The van der Waals surface area contributed by atoms with Gasteiger partial charge in [-0.05, 0) is 69.0 Å². The standard InChI is InChI=1S/C22H30N2O4S/c1-4-27-21-11-10-20(16-22(21)28-5-2)29(25,26)23-18-6-8-19(9-7-18)24-14-12-17(3)13-15-24/h6-11,16-17,23H,4-5,12-15H2,1-3H3. The molecule has 158 valence electrons. The van der Waals surface area contributed by atoms with Crippen molar-refractivity contribution in [1.82, 2.24) is 0 Å². The van der Waals surface area contributed by atoms with Crippen LogP contribution in [-0.4, -0.2) is 34.7 Å². The van der Waals surface area contributed by atoms with Crippen LogP contribution in [0.2, 0.25) is 0 Å². The first-order chi connectivity index (χ1) is 13.9. The van der Waals surface area contributed by atoms with E-state index in [1.807, 2.05) is 38.1 Å². The molecule has 0 aromatic heterocycles. The van der Waals surface area contributed by atoms with E-state index in [2.05, 4.69) is 16.5 Å². The van der Waals surface area contributed by atoms with Gasteiger partial charge in [0, 0.05) is 30.5 Å². The van der Waals surface area contributed by atoms with Crippen molar-refractivity contribution in [3.63, 3.8) is 0 Å². The van der Waals surface area contributed by atoms with E-state index in [1.165, 1.54) is 25.0 Å². The summed E-state index contributed by atoms with van der Waals surface area (Å²) in [6.45, 7) is 8.99. The van der Waals surface area contributed by atoms with Gasteiger partial charge >= 0.3 is 0 Å². The molecule has 1 aliphatic rings. The number of benzene rings is 2. The van der Waals surface area contributed by atoms with Crippen LogP contribution < -0.4 is 19.1 Å². The second kappa shape index (κ2) is 9.39. The molecule has 1 N–H and O–H groups in total. The molecule has 0 atom stereocenters. The lowest BCUT2D eigenvalue weighted by atomic mass is 9.99. The summed E-state index contributed by atoms with van der Waals surface area (Å²) in [7, 11) is -3.73. The van der Waals surface area contributed by atoms with Gasteiger partial charge < -0.3 is 14.4 Å². The molecule has 0 saturated carbocycles. The molecule has 0 unspecified atom stereocenters. The summed E-state index contributed by atoms with van der Waals surface area (Å²) in [5, 5.41) is 0. The van der Waals surface area contributed by atoms with Gasteiger partial charge in [-0.25, -0.2) is 8.42 Å². The van der Waals surface area contributed by atoms with Gasteiger partial charge in [-0.2, -0.15) is 0 Å². The number of ether oxygens (including phenoxy) is 2. The Balaban J connectivity index is 1.74. The van der Waals surface area contributed by atoms with Crippen LogP contribution in [-0.2, 0) is 10.0 Å². The largest absolute Gasteiger partial charge is 0.490 e. The van der Waals surface area contributed by atoms with Crippen molar-refractivity contribution in [2.24, 2.45) is 5.92 Å². The molecule has 0 radical (unpaired) electrons. The van der Waals surface area contributed by atoms with Crippen LogP contribution in [0.1, 0.15) is 33.6 Å². The summed E-state index contributed by atoms with van der Waals surface area (Å²) in [6.07, 6.45) is 2.38. The molecule has 0 aliphatic carbocycles. The molecule has 6 nitrogen and oxygen atoms in total. The number of hydrogen-bond donors (Lipinski definition) is 1. The van der Waals surface area contributed by atoms with Crippen molar-refractivity contribution in [2.45, 2.75) is 38.5 Å². The second-order valence-electron chi connectivity index (χ2n) is 7.30. The summed E-state index contributed by atoms with van der Waals surface area (Å²) in [5.74, 6) is 1.73. The van der Waals surface area contributed by atoms with E-state index in [-0.39, 0.29) is 4.90 Å². The lowest BCUT2D eigenvalue weighted by molar-refractivity contribution is 0.287. The van der Waals surface area contributed by atoms with Gasteiger partial charge in [0.05, 0.1) is 18.1 Å². The Kier molecular flexibility index (Phi) is 6.90. The van der Waals surface area contributed by atoms with Crippen LogP contribution >= 0.6 is 0 Å². The highest BCUT2D eigenvalue weighted by molar-refractivity contribution is 7.92. The van der Waals surface area contributed by atoms with E-state index in [9.17, 15) is 8.42 Å². The number of anilines is 2.